The molecule has 0 aromatic heterocycles. The molecule has 1 saturated carbocycles. The molecule has 0 bridgehead atoms. The smallest absolute Gasteiger partial charge is 0.307 e. The summed E-state index contributed by atoms with van der Waals surface area (Å²) in [6, 6.07) is 0.315. The first-order chi connectivity index (χ1) is 8.63. The molecule has 0 radical (unpaired) electrons. The third-order valence-electron chi connectivity index (χ3n) is 3.84. The summed E-state index contributed by atoms with van der Waals surface area (Å²) in [5.74, 6) is 3.56. The normalized spacial score (nSPS) is 37.2. The monoisotopic (exact) mass is 271 g/mol. The minimum Gasteiger partial charge on any atom is -0.462 e. The van der Waals surface area contributed by atoms with Crippen molar-refractivity contribution in [2.75, 3.05) is 18.1 Å². The van der Waals surface area contributed by atoms with Gasteiger partial charge in [0.25, 0.3) is 0 Å². The minimum atomic E-state index is -0.0127. The lowest BCUT2D eigenvalue weighted by atomic mass is 9.82. The maximum Gasteiger partial charge on any atom is 0.307 e. The molecule has 3 atom stereocenters. The van der Waals surface area contributed by atoms with Crippen molar-refractivity contribution in [2.45, 2.75) is 51.7 Å². The molecule has 0 spiro atoms. The summed E-state index contributed by atoms with van der Waals surface area (Å²) in [5, 5.41) is 3.38. The fraction of sp³-hybridized carbons (Fsp3) is 0.929. The summed E-state index contributed by atoms with van der Waals surface area (Å²) in [7, 11) is 0. The van der Waals surface area contributed by atoms with Crippen molar-refractivity contribution >= 4 is 17.7 Å². The molecule has 4 heteroatoms. The lowest BCUT2D eigenvalue weighted by molar-refractivity contribution is -0.152. The fourth-order valence-electron chi connectivity index (χ4n) is 3.16. The summed E-state index contributed by atoms with van der Waals surface area (Å²) in [6.45, 7) is 5.53. The van der Waals surface area contributed by atoms with E-state index in [0.717, 1.165) is 30.9 Å². The molecule has 1 saturated heterocycles. The SMILES string of the molecule is CC1CC(C)CC(OC(=O)CC2CSCCN2)C1. The lowest BCUT2D eigenvalue weighted by Gasteiger charge is -2.31. The average molecular weight is 271 g/mol. The highest BCUT2D eigenvalue weighted by atomic mass is 32.2. The van der Waals surface area contributed by atoms with Gasteiger partial charge in [0.15, 0.2) is 0 Å². The van der Waals surface area contributed by atoms with Gasteiger partial charge < -0.3 is 10.1 Å². The Bertz CT molecular complexity index is 269. The Balaban J connectivity index is 1.72. The van der Waals surface area contributed by atoms with Gasteiger partial charge in [-0.25, -0.2) is 0 Å². The number of ether oxygens (including phenoxy) is 1. The summed E-state index contributed by atoms with van der Waals surface area (Å²) in [5.41, 5.74) is 0. The first kappa shape index (κ1) is 14.2. The Morgan fingerprint density at radius 3 is 2.61 bits per heavy atom. The van der Waals surface area contributed by atoms with Crippen molar-refractivity contribution in [3.63, 3.8) is 0 Å². The van der Waals surface area contributed by atoms with Crippen LogP contribution in [0, 0.1) is 11.8 Å². The van der Waals surface area contributed by atoms with Gasteiger partial charge in [0.1, 0.15) is 6.10 Å². The van der Waals surface area contributed by atoms with E-state index in [0.29, 0.717) is 24.3 Å². The zero-order valence-corrected chi connectivity index (χ0v) is 12.3. The average Bonchev–Trinajstić information content (AvgIpc) is 2.28. The quantitative estimate of drug-likeness (QED) is 0.800. The van der Waals surface area contributed by atoms with Gasteiger partial charge in [-0.1, -0.05) is 13.8 Å². The molecule has 1 aliphatic carbocycles. The van der Waals surface area contributed by atoms with Crippen molar-refractivity contribution in [1.82, 2.24) is 5.32 Å². The van der Waals surface area contributed by atoms with Gasteiger partial charge in [0.2, 0.25) is 0 Å². The maximum atomic E-state index is 11.9. The van der Waals surface area contributed by atoms with Crippen molar-refractivity contribution < 1.29 is 9.53 Å². The van der Waals surface area contributed by atoms with Crippen molar-refractivity contribution in [1.29, 1.82) is 0 Å². The number of thioether (sulfide) groups is 1. The third-order valence-corrected chi connectivity index (χ3v) is 4.98. The van der Waals surface area contributed by atoms with Crippen LogP contribution in [0.2, 0.25) is 0 Å². The topological polar surface area (TPSA) is 38.3 Å². The number of esters is 1. The van der Waals surface area contributed by atoms with Crippen molar-refractivity contribution in [2.24, 2.45) is 11.8 Å². The maximum absolute atomic E-state index is 11.9. The van der Waals surface area contributed by atoms with Gasteiger partial charge in [-0.2, -0.15) is 11.8 Å². The van der Waals surface area contributed by atoms with Crippen LogP contribution in [-0.4, -0.2) is 36.2 Å². The van der Waals surface area contributed by atoms with E-state index >= 15 is 0 Å². The van der Waals surface area contributed by atoms with Gasteiger partial charge >= 0.3 is 5.97 Å². The molecular formula is C14H25NO2S. The molecule has 2 rings (SSSR count). The Kier molecular flexibility index (Phi) is 5.37. The lowest BCUT2D eigenvalue weighted by Crippen LogP contribution is -2.40. The molecule has 0 aromatic rings. The first-order valence-electron chi connectivity index (χ1n) is 7.14. The fourth-order valence-corrected chi connectivity index (χ4v) is 4.10. The molecule has 1 heterocycles. The standard InChI is InChI=1S/C14H25NO2S/c1-10-5-11(2)7-13(6-10)17-14(16)8-12-9-18-4-3-15-12/h10-13,15H,3-9H2,1-2H3. The van der Waals surface area contributed by atoms with E-state index in [-0.39, 0.29) is 12.1 Å². The van der Waals surface area contributed by atoms with E-state index in [2.05, 4.69) is 19.2 Å². The zero-order chi connectivity index (χ0) is 13.0. The zero-order valence-electron chi connectivity index (χ0n) is 11.5. The second-order valence-corrected chi connectivity index (χ2v) is 7.11. The third kappa shape index (κ3) is 4.47. The number of hydrogen-bond donors (Lipinski definition) is 1. The number of rotatable bonds is 3. The molecule has 18 heavy (non-hydrogen) atoms. The van der Waals surface area contributed by atoms with Crippen molar-refractivity contribution in [3.05, 3.63) is 0 Å². The number of nitrogens with one attached hydrogen (secondary N) is 1. The number of hydrogen-bond acceptors (Lipinski definition) is 4. The van der Waals surface area contributed by atoms with Gasteiger partial charge in [-0.15, -0.1) is 0 Å². The van der Waals surface area contributed by atoms with Crippen LogP contribution < -0.4 is 5.32 Å². The number of carbonyl (C=O) groups is 1. The van der Waals surface area contributed by atoms with Crippen LogP contribution in [0.3, 0.4) is 0 Å². The van der Waals surface area contributed by atoms with Crippen LogP contribution >= 0.6 is 11.8 Å². The van der Waals surface area contributed by atoms with E-state index in [9.17, 15) is 4.79 Å². The predicted octanol–water partition coefficient (Wildman–Crippen LogP) is 2.45. The summed E-state index contributed by atoms with van der Waals surface area (Å²) >= 11 is 1.92. The van der Waals surface area contributed by atoms with Gasteiger partial charge in [-0.05, 0) is 31.1 Å². The first-order valence-corrected chi connectivity index (χ1v) is 8.29. The van der Waals surface area contributed by atoms with Crippen LogP contribution in [0.25, 0.3) is 0 Å². The van der Waals surface area contributed by atoms with E-state index in [1.165, 1.54) is 6.42 Å². The molecule has 104 valence electrons. The Morgan fingerprint density at radius 2 is 2.00 bits per heavy atom. The molecular weight excluding hydrogens is 246 g/mol. The summed E-state index contributed by atoms with van der Waals surface area (Å²) in [6.07, 6.45) is 4.06. The predicted molar refractivity (Wildman–Crippen MR) is 75.8 cm³/mol. The molecule has 2 fully saturated rings. The highest BCUT2D eigenvalue weighted by molar-refractivity contribution is 7.99. The van der Waals surface area contributed by atoms with E-state index in [1.54, 1.807) is 0 Å². The number of carbonyl (C=O) groups excluding carboxylic acids is 1. The molecule has 3 unspecified atom stereocenters. The van der Waals surface area contributed by atoms with E-state index < -0.39 is 0 Å². The van der Waals surface area contributed by atoms with E-state index in [4.69, 9.17) is 4.74 Å². The minimum absolute atomic E-state index is 0.0127. The largest absolute Gasteiger partial charge is 0.462 e. The van der Waals surface area contributed by atoms with Crippen LogP contribution in [0.5, 0.6) is 0 Å². The summed E-state index contributed by atoms with van der Waals surface area (Å²) < 4.78 is 5.65. The second-order valence-electron chi connectivity index (χ2n) is 5.96. The highest BCUT2D eigenvalue weighted by Gasteiger charge is 2.27. The van der Waals surface area contributed by atoms with Gasteiger partial charge in [0.05, 0.1) is 6.42 Å². The molecule has 3 nitrogen and oxygen atoms in total. The van der Waals surface area contributed by atoms with Crippen LogP contribution in [-0.2, 0) is 9.53 Å². The molecule has 1 aliphatic heterocycles. The summed E-state index contributed by atoms with van der Waals surface area (Å²) in [4.78, 5) is 11.9. The van der Waals surface area contributed by atoms with Crippen LogP contribution in [0.1, 0.15) is 39.5 Å². The van der Waals surface area contributed by atoms with E-state index in [1.807, 2.05) is 11.8 Å². The van der Waals surface area contributed by atoms with Gasteiger partial charge in [-0.3, -0.25) is 4.79 Å². The molecule has 2 aliphatic rings. The van der Waals surface area contributed by atoms with Crippen LogP contribution in [0.15, 0.2) is 0 Å². The molecule has 1 N–H and O–H groups in total. The second kappa shape index (κ2) is 6.80. The molecule has 0 aromatic carbocycles. The Morgan fingerprint density at radius 1 is 1.28 bits per heavy atom. The van der Waals surface area contributed by atoms with Crippen molar-refractivity contribution in [3.8, 4) is 0 Å². The highest BCUT2D eigenvalue weighted by Crippen LogP contribution is 2.30. The Labute approximate surface area is 114 Å². The molecule has 0 amide bonds. The van der Waals surface area contributed by atoms with Gasteiger partial charge in [0, 0.05) is 24.1 Å². The van der Waals surface area contributed by atoms with Crippen LogP contribution in [0.4, 0.5) is 0 Å². The Hall–Kier alpha value is -0.220.